The highest BCUT2D eigenvalue weighted by atomic mass is 16.5. The molecule has 0 radical (unpaired) electrons. The number of hydrogen-bond acceptors (Lipinski definition) is 4. The Hall–Kier alpha value is -1.62. The predicted molar refractivity (Wildman–Crippen MR) is 88.3 cm³/mol. The van der Waals surface area contributed by atoms with Crippen molar-refractivity contribution in [1.82, 2.24) is 4.98 Å². The SMILES string of the molecule is CCCC[C@](C)(OCC)C(=O)Nc1cnc(OCC)c(C)c1. The van der Waals surface area contributed by atoms with Crippen molar-refractivity contribution in [1.29, 1.82) is 0 Å². The van der Waals surface area contributed by atoms with E-state index in [4.69, 9.17) is 9.47 Å². The molecule has 0 aliphatic carbocycles. The zero-order chi connectivity index (χ0) is 16.6. The minimum atomic E-state index is -0.808. The molecular formula is C17H28N2O3. The van der Waals surface area contributed by atoms with Crippen LogP contribution in [0, 0.1) is 6.92 Å². The van der Waals surface area contributed by atoms with Gasteiger partial charge >= 0.3 is 0 Å². The van der Waals surface area contributed by atoms with Crippen molar-refractivity contribution in [3.05, 3.63) is 17.8 Å². The Bertz CT molecular complexity index is 491. The molecule has 1 aromatic rings. The van der Waals surface area contributed by atoms with Gasteiger partial charge in [0.05, 0.1) is 18.5 Å². The van der Waals surface area contributed by atoms with Crippen LogP contribution in [0.4, 0.5) is 5.69 Å². The van der Waals surface area contributed by atoms with Crippen molar-refractivity contribution >= 4 is 11.6 Å². The number of aryl methyl sites for hydroxylation is 1. The Morgan fingerprint density at radius 1 is 1.32 bits per heavy atom. The molecule has 0 spiro atoms. The van der Waals surface area contributed by atoms with E-state index in [0.717, 1.165) is 18.4 Å². The number of nitrogens with one attached hydrogen (secondary N) is 1. The molecule has 1 amide bonds. The molecule has 0 fully saturated rings. The Labute approximate surface area is 133 Å². The normalized spacial score (nSPS) is 13.5. The quantitative estimate of drug-likeness (QED) is 0.755. The van der Waals surface area contributed by atoms with Crippen LogP contribution in [0.1, 0.15) is 52.5 Å². The highest BCUT2D eigenvalue weighted by Crippen LogP contribution is 2.23. The van der Waals surface area contributed by atoms with Crippen molar-refractivity contribution in [2.24, 2.45) is 0 Å². The van der Waals surface area contributed by atoms with E-state index in [1.165, 1.54) is 0 Å². The second kappa shape index (κ2) is 8.73. The fraction of sp³-hybridized carbons (Fsp3) is 0.647. The number of carbonyl (C=O) groups is 1. The van der Waals surface area contributed by atoms with Crippen LogP contribution in [0.15, 0.2) is 12.3 Å². The first-order chi connectivity index (χ1) is 10.5. The Morgan fingerprint density at radius 2 is 2.05 bits per heavy atom. The summed E-state index contributed by atoms with van der Waals surface area (Å²) in [5, 5.41) is 2.90. The second-order valence-corrected chi connectivity index (χ2v) is 5.50. The summed E-state index contributed by atoms with van der Waals surface area (Å²) in [6.07, 6.45) is 4.29. The van der Waals surface area contributed by atoms with E-state index < -0.39 is 5.60 Å². The number of hydrogen-bond donors (Lipinski definition) is 1. The van der Waals surface area contributed by atoms with E-state index in [1.54, 1.807) is 6.20 Å². The van der Waals surface area contributed by atoms with E-state index in [1.807, 2.05) is 33.8 Å². The van der Waals surface area contributed by atoms with Crippen LogP contribution < -0.4 is 10.1 Å². The maximum absolute atomic E-state index is 12.6. The van der Waals surface area contributed by atoms with E-state index in [2.05, 4.69) is 17.2 Å². The monoisotopic (exact) mass is 308 g/mol. The highest BCUT2D eigenvalue weighted by Gasteiger charge is 2.33. The summed E-state index contributed by atoms with van der Waals surface area (Å²) in [5.74, 6) is 0.465. The molecular weight excluding hydrogens is 280 g/mol. The number of amides is 1. The van der Waals surface area contributed by atoms with Crippen LogP contribution in [-0.2, 0) is 9.53 Å². The molecule has 0 unspecified atom stereocenters. The molecule has 1 heterocycles. The van der Waals surface area contributed by atoms with Crippen LogP contribution in [0.2, 0.25) is 0 Å². The third-order valence-corrected chi connectivity index (χ3v) is 3.52. The predicted octanol–water partition coefficient (Wildman–Crippen LogP) is 3.71. The first-order valence-corrected chi connectivity index (χ1v) is 8.01. The Morgan fingerprint density at radius 3 is 2.59 bits per heavy atom. The standard InChI is InChI=1S/C17H28N2O3/c1-6-9-10-17(5,22-8-3)16(20)19-14-11-13(4)15(18-12-14)21-7-2/h11-12H,6-10H2,1-5H3,(H,19,20)/t17-/m0/s1. The van der Waals surface area contributed by atoms with E-state index in [9.17, 15) is 4.79 Å². The van der Waals surface area contributed by atoms with Crippen LogP contribution in [0.5, 0.6) is 5.88 Å². The molecule has 124 valence electrons. The molecule has 1 aromatic heterocycles. The topological polar surface area (TPSA) is 60.5 Å². The van der Waals surface area contributed by atoms with Gasteiger partial charge in [0.2, 0.25) is 5.88 Å². The summed E-state index contributed by atoms with van der Waals surface area (Å²) in [5.41, 5.74) is 0.747. The molecule has 0 aliphatic heterocycles. The van der Waals surface area contributed by atoms with Gasteiger partial charge in [-0.05, 0) is 40.2 Å². The third kappa shape index (κ3) is 4.98. The van der Waals surface area contributed by atoms with E-state index >= 15 is 0 Å². The number of anilines is 1. The lowest BCUT2D eigenvalue weighted by molar-refractivity contribution is -0.139. The highest BCUT2D eigenvalue weighted by molar-refractivity contribution is 5.97. The molecule has 0 saturated carbocycles. The maximum atomic E-state index is 12.6. The summed E-state index contributed by atoms with van der Waals surface area (Å²) >= 11 is 0. The molecule has 5 heteroatoms. The summed E-state index contributed by atoms with van der Waals surface area (Å²) in [6, 6.07) is 1.86. The van der Waals surface area contributed by atoms with E-state index in [0.29, 0.717) is 31.2 Å². The van der Waals surface area contributed by atoms with Gasteiger partial charge in [0, 0.05) is 12.2 Å². The largest absolute Gasteiger partial charge is 0.478 e. The van der Waals surface area contributed by atoms with Gasteiger partial charge in [-0.15, -0.1) is 0 Å². The lowest BCUT2D eigenvalue weighted by Gasteiger charge is -2.28. The number of ether oxygens (including phenoxy) is 2. The summed E-state index contributed by atoms with van der Waals surface area (Å²) in [7, 11) is 0. The van der Waals surface area contributed by atoms with Crippen molar-refractivity contribution in [2.45, 2.75) is 59.5 Å². The number of unbranched alkanes of at least 4 members (excludes halogenated alkanes) is 1. The van der Waals surface area contributed by atoms with Crippen molar-refractivity contribution in [3.63, 3.8) is 0 Å². The molecule has 22 heavy (non-hydrogen) atoms. The molecule has 0 saturated heterocycles. The van der Waals surface area contributed by atoms with E-state index in [-0.39, 0.29) is 5.91 Å². The van der Waals surface area contributed by atoms with Gasteiger partial charge in [-0.2, -0.15) is 0 Å². The molecule has 1 N–H and O–H groups in total. The summed E-state index contributed by atoms with van der Waals surface area (Å²) < 4.78 is 11.1. The Balaban J connectivity index is 2.82. The summed E-state index contributed by atoms with van der Waals surface area (Å²) in [4.78, 5) is 16.8. The average molecular weight is 308 g/mol. The second-order valence-electron chi connectivity index (χ2n) is 5.50. The first-order valence-electron chi connectivity index (χ1n) is 8.01. The molecule has 5 nitrogen and oxygen atoms in total. The molecule has 1 atom stereocenters. The number of nitrogens with zero attached hydrogens (tertiary/aromatic N) is 1. The van der Waals surface area contributed by atoms with Crippen molar-refractivity contribution in [2.75, 3.05) is 18.5 Å². The number of carbonyl (C=O) groups excluding carboxylic acids is 1. The van der Waals surface area contributed by atoms with Crippen molar-refractivity contribution < 1.29 is 14.3 Å². The minimum absolute atomic E-state index is 0.131. The lowest BCUT2D eigenvalue weighted by atomic mass is 9.97. The summed E-state index contributed by atoms with van der Waals surface area (Å²) in [6.45, 7) is 10.7. The number of pyridine rings is 1. The van der Waals surface area contributed by atoms with Crippen LogP contribution >= 0.6 is 0 Å². The number of aromatic nitrogens is 1. The average Bonchev–Trinajstić information content (AvgIpc) is 2.48. The van der Waals surface area contributed by atoms with Crippen molar-refractivity contribution in [3.8, 4) is 5.88 Å². The van der Waals surface area contributed by atoms with Gasteiger partial charge in [0.1, 0.15) is 5.60 Å². The van der Waals surface area contributed by atoms with Crippen LogP contribution in [-0.4, -0.2) is 29.7 Å². The fourth-order valence-electron chi connectivity index (χ4n) is 2.27. The van der Waals surface area contributed by atoms with Gasteiger partial charge in [0.15, 0.2) is 0 Å². The Kier molecular flexibility index (Phi) is 7.32. The fourth-order valence-corrected chi connectivity index (χ4v) is 2.27. The van der Waals surface area contributed by atoms with Crippen LogP contribution in [0.3, 0.4) is 0 Å². The molecule has 1 rings (SSSR count). The number of rotatable bonds is 9. The first kappa shape index (κ1) is 18.4. The smallest absolute Gasteiger partial charge is 0.256 e. The molecule has 0 aromatic carbocycles. The zero-order valence-corrected chi connectivity index (χ0v) is 14.4. The van der Waals surface area contributed by atoms with Gasteiger partial charge < -0.3 is 14.8 Å². The van der Waals surface area contributed by atoms with Gasteiger partial charge in [-0.25, -0.2) is 4.98 Å². The lowest BCUT2D eigenvalue weighted by Crippen LogP contribution is -2.42. The van der Waals surface area contributed by atoms with Gasteiger partial charge in [-0.3, -0.25) is 4.79 Å². The van der Waals surface area contributed by atoms with Gasteiger partial charge in [-0.1, -0.05) is 19.8 Å². The third-order valence-electron chi connectivity index (χ3n) is 3.52. The maximum Gasteiger partial charge on any atom is 0.256 e. The molecule has 0 bridgehead atoms. The molecule has 0 aliphatic rings. The minimum Gasteiger partial charge on any atom is -0.478 e. The van der Waals surface area contributed by atoms with Crippen LogP contribution in [0.25, 0.3) is 0 Å². The van der Waals surface area contributed by atoms with Gasteiger partial charge in [0.25, 0.3) is 5.91 Å². The zero-order valence-electron chi connectivity index (χ0n) is 14.4.